The summed E-state index contributed by atoms with van der Waals surface area (Å²) in [6.45, 7) is 1.94. The zero-order valence-electron chi connectivity index (χ0n) is 8.34. The maximum Gasteiger partial charge on any atom is 0.226 e. The van der Waals surface area contributed by atoms with Crippen LogP contribution in [0.3, 0.4) is 0 Å². The third-order valence-corrected chi connectivity index (χ3v) is 2.81. The normalized spacial score (nSPS) is 10.5. The number of aryl methyl sites for hydroxylation is 2. The molecule has 0 fully saturated rings. The molecule has 0 N–H and O–H groups in total. The Hall–Kier alpha value is -1.63. The maximum absolute atomic E-state index is 12.0. The van der Waals surface area contributed by atoms with Crippen molar-refractivity contribution < 1.29 is 4.79 Å². The van der Waals surface area contributed by atoms with Gasteiger partial charge in [0.2, 0.25) is 5.78 Å². The predicted octanol–water partition coefficient (Wildman–Crippen LogP) is 0.460. The molecule has 0 saturated carbocycles. The molecule has 0 saturated heterocycles. The molecule has 78 valence electrons. The van der Waals surface area contributed by atoms with Crippen LogP contribution in [0.5, 0.6) is 0 Å². The molecule has 0 amide bonds. The van der Waals surface area contributed by atoms with E-state index in [0.717, 1.165) is 17.2 Å². The van der Waals surface area contributed by atoms with E-state index in [0.29, 0.717) is 17.0 Å². The van der Waals surface area contributed by atoms with Crippen molar-refractivity contribution in [3.05, 3.63) is 22.5 Å². The van der Waals surface area contributed by atoms with Crippen LogP contribution < -0.4 is 0 Å². The lowest BCUT2D eigenvalue weighted by atomic mass is 10.2. The van der Waals surface area contributed by atoms with Gasteiger partial charge < -0.3 is 0 Å². The van der Waals surface area contributed by atoms with Crippen molar-refractivity contribution in [3.63, 3.8) is 0 Å². The molecule has 2 aromatic rings. The minimum Gasteiger partial charge on any atom is -0.286 e. The average Bonchev–Trinajstić information content (AvgIpc) is 2.84. The first-order valence-electron chi connectivity index (χ1n) is 4.44. The third-order valence-electron chi connectivity index (χ3n) is 2.04. The second kappa shape index (κ2) is 3.85. The number of aromatic nitrogens is 5. The quantitative estimate of drug-likeness (QED) is 0.707. The summed E-state index contributed by atoms with van der Waals surface area (Å²) in [5.74, 6) is -0.116. The Morgan fingerprint density at radius 1 is 1.60 bits per heavy atom. The number of nitrogens with zero attached hydrogens (tertiary/aromatic N) is 5. The topological polar surface area (TPSA) is 73.6 Å². The Kier molecular flexibility index (Phi) is 2.55. The van der Waals surface area contributed by atoms with Crippen LogP contribution in [0, 0.1) is 0 Å². The van der Waals surface area contributed by atoms with E-state index in [4.69, 9.17) is 0 Å². The molecule has 2 rings (SSSR count). The summed E-state index contributed by atoms with van der Waals surface area (Å²) >= 11 is 1.11. The number of hydrogen-bond donors (Lipinski definition) is 0. The molecular formula is C8H9N5OS. The summed E-state index contributed by atoms with van der Waals surface area (Å²) in [6, 6.07) is 0. The highest BCUT2D eigenvalue weighted by molar-refractivity contribution is 7.08. The van der Waals surface area contributed by atoms with Crippen LogP contribution in [0.4, 0.5) is 0 Å². The van der Waals surface area contributed by atoms with Gasteiger partial charge in [-0.15, -0.1) is 10.2 Å². The molecule has 0 atom stereocenters. The Morgan fingerprint density at radius 3 is 3.00 bits per heavy atom. The third kappa shape index (κ3) is 1.65. The zero-order valence-corrected chi connectivity index (χ0v) is 9.15. The highest BCUT2D eigenvalue weighted by Gasteiger charge is 2.19. The van der Waals surface area contributed by atoms with Gasteiger partial charge >= 0.3 is 0 Å². The van der Waals surface area contributed by atoms with E-state index in [1.165, 1.54) is 10.9 Å². The molecule has 0 bridgehead atoms. The van der Waals surface area contributed by atoms with Crippen LogP contribution in [-0.4, -0.2) is 30.4 Å². The van der Waals surface area contributed by atoms with Crippen LogP contribution in [0.25, 0.3) is 0 Å². The SMILES string of the molecule is CCc1nnsc1C(=O)c1cnnn1C. The molecule has 0 aliphatic heterocycles. The van der Waals surface area contributed by atoms with E-state index in [-0.39, 0.29) is 5.78 Å². The van der Waals surface area contributed by atoms with E-state index in [9.17, 15) is 4.79 Å². The van der Waals surface area contributed by atoms with Crippen LogP contribution >= 0.6 is 11.5 Å². The molecule has 0 radical (unpaired) electrons. The van der Waals surface area contributed by atoms with E-state index >= 15 is 0 Å². The summed E-state index contributed by atoms with van der Waals surface area (Å²) < 4.78 is 5.22. The Bertz CT molecular complexity index is 489. The van der Waals surface area contributed by atoms with Gasteiger partial charge in [0.05, 0.1) is 11.9 Å². The van der Waals surface area contributed by atoms with Crippen LogP contribution in [0.15, 0.2) is 6.20 Å². The fourth-order valence-corrected chi connectivity index (χ4v) is 1.92. The van der Waals surface area contributed by atoms with Gasteiger partial charge in [0.15, 0.2) is 0 Å². The molecular weight excluding hydrogens is 214 g/mol. The minimum atomic E-state index is -0.116. The number of carbonyl (C=O) groups excluding carboxylic acids is 1. The summed E-state index contributed by atoms with van der Waals surface area (Å²) in [7, 11) is 1.68. The van der Waals surface area contributed by atoms with E-state index in [2.05, 4.69) is 19.9 Å². The summed E-state index contributed by atoms with van der Waals surface area (Å²) in [5, 5.41) is 11.3. The van der Waals surface area contributed by atoms with Gasteiger partial charge in [0.25, 0.3) is 0 Å². The molecule has 0 aliphatic carbocycles. The molecule has 0 unspecified atom stereocenters. The standard InChI is InChI=1S/C8H9N5OS/c1-3-5-8(15-12-10-5)7(14)6-4-9-11-13(6)2/h4H,3H2,1-2H3. The minimum absolute atomic E-state index is 0.116. The zero-order chi connectivity index (χ0) is 10.8. The molecule has 0 aromatic carbocycles. The Balaban J connectivity index is 2.41. The van der Waals surface area contributed by atoms with Crippen molar-refractivity contribution >= 4 is 17.3 Å². The summed E-state index contributed by atoms with van der Waals surface area (Å²) in [4.78, 5) is 12.6. The largest absolute Gasteiger partial charge is 0.286 e. The lowest BCUT2D eigenvalue weighted by Crippen LogP contribution is -2.08. The van der Waals surface area contributed by atoms with E-state index in [1.54, 1.807) is 7.05 Å². The van der Waals surface area contributed by atoms with Crippen LogP contribution in [0.1, 0.15) is 28.0 Å². The van der Waals surface area contributed by atoms with Crippen LogP contribution in [0.2, 0.25) is 0 Å². The fraction of sp³-hybridized carbons (Fsp3) is 0.375. The second-order valence-corrected chi connectivity index (χ2v) is 3.73. The fourth-order valence-electron chi connectivity index (χ4n) is 1.22. The van der Waals surface area contributed by atoms with Crippen molar-refractivity contribution in [2.24, 2.45) is 7.05 Å². The van der Waals surface area contributed by atoms with E-state index < -0.39 is 0 Å². The molecule has 7 heteroatoms. The van der Waals surface area contributed by atoms with Crippen LogP contribution in [-0.2, 0) is 13.5 Å². The first-order valence-corrected chi connectivity index (χ1v) is 5.22. The highest BCUT2D eigenvalue weighted by Crippen LogP contribution is 2.15. The molecule has 15 heavy (non-hydrogen) atoms. The molecule has 0 aliphatic rings. The molecule has 2 aromatic heterocycles. The van der Waals surface area contributed by atoms with Crippen molar-refractivity contribution in [2.45, 2.75) is 13.3 Å². The second-order valence-electron chi connectivity index (χ2n) is 2.97. The van der Waals surface area contributed by atoms with Gasteiger partial charge in [-0.05, 0) is 18.0 Å². The first kappa shape index (κ1) is 9.91. The van der Waals surface area contributed by atoms with E-state index in [1.807, 2.05) is 6.92 Å². The average molecular weight is 223 g/mol. The van der Waals surface area contributed by atoms with Gasteiger partial charge in [-0.25, -0.2) is 4.68 Å². The lowest BCUT2D eigenvalue weighted by molar-refractivity contribution is 0.103. The van der Waals surface area contributed by atoms with Crippen molar-refractivity contribution in [1.82, 2.24) is 24.6 Å². The molecule has 0 spiro atoms. The smallest absolute Gasteiger partial charge is 0.226 e. The van der Waals surface area contributed by atoms with Gasteiger partial charge in [0, 0.05) is 7.05 Å². The first-order chi connectivity index (χ1) is 7.24. The number of rotatable bonds is 3. The van der Waals surface area contributed by atoms with Gasteiger partial charge in [-0.1, -0.05) is 16.6 Å². The van der Waals surface area contributed by atoms with Gasteiger partial charge in [-0.2, -0.15) is 0 Å². The highest BCUT2D eigenvalue weighted by atomic mass is 32.1. The Labute approximate surface area is 90.1 Å². The summed E-state index contributed by atoms with van der Waals surface area (Å²) in [5.41, 5.74) is 1.18. The number of hydrogen-bond acceptors (Lipinski definition) is 6. The molecule has 6 nitrogen and oxygen atoms in total. The van der Waals surface area contributed by atoms with Gasteiger partial charge in [-0.3, -0.25) is 4.79 Å². The van der Waals surface area contributed by atoms with Crippen molar-refractivity contribution in [2.75, 3.05) is 0 Å². The molecule has 2 heterocycles. The maximum atomic E-state index is 12.0. The monoisotopic (exact) mass is 223 g/mol. The number of carbonyl (C=O) groups is 1. The lowest BCUT2D eigenvalue weighted by Gasteiger charge is -1.97. The van der Waals surface area contributed by atoms with Crippen molar-refractivity contribution in [1.29, 1.82) is 0 Å². The number of ketones is 1. The predicted molar refractivity (Wildman–Crippen MR) is 53.7 cm³/mol. The summed E-state index contributed by atoms with van der Waals surface area (Å²) in [6.07, 6.45) is 2.14. The van der Waals surface area contributed by atoms with Gasteiger partial charge in [0.1, 0.15) is 10.6 Å². The Morgan fingerprint density at radius 2 is 2.40 bits per heavy atom. The van der Waals surface area contributed by atoms with Crippen molar-refractivity contribution in [3.8, 4) is 0 Å².